The Balaban J connectivity index is 1.55. The summed E-state index contributed by atoms with van der Waals surface area (Å²) in [5, 5.41) is 5.27. The number of rotatable bonds is 10. The molecular formula is C22H25N3O6S. The van der Waals surface area contributed by atoms with E-state index in [-0.39, 0.29) is 17.7 Å². The molecule has 0 unspecified atom stereocenters. The van der Waals surface area contributed by atoms with Gasteiger partial charge in [0.05, 0.1) is 31.1 Å². The van der Waals surface area contributed by atoms with Gasteiger partial charge in [-0.1, -0.05) is 11.3 Å². The van der Waals surface area contributed by atoms with E-state index in [0.29, 0.717) is 53.6 Å². The van der Waals surface area contributed by atoms with E-state index >= 15 is 0 Å². The average Bonchev–Trinajstić information content (AvgIpc) is 3.53. The van der Waals surface area contributed by atoms with E-state index in [1.54, 1.807) is 12.1 Å². The summed E-state index contributed by atoms with van der Waals surface area (Å²) in [5.41, 5.74) is 0.338. The minimum atomic E-state index is -0.583. The standard InChI is InChI=1S/C22H25N3O6S/c1-4-28-16-9-14(10-17(29-5-2)19(16)30-6-3)21(27)31-12-15-11-18(26)25-22(23-15)32-20(24-25)13-7-8-13/h9-11,13H,4-8,12H2,1-3H3. The summed E-state index contributed by atoms with van der Waals surface area (Å²) >= 11 is 1.40. The second kappa shape index (κ2) is 9.56. The van der Waals surface area contributed by atoms with Crippen molar-refractivity contribution < 1.29 is 23.7 Å². The Morgan fingerprint density at radius 1 is 1.06 bits per heavy atom. The highest BCUT2D eigenvalue weighted by Gasteiger charge is 2.28. The molecule has 10 heteroatoms. The highest BCUT2D eigenvalue weighted by molar-refractivity contribution is 7.16. The molecule has 0 atom stereocenters. The van der Waals surface area contributed by atoms with Crippen molar-refractivity contribution in [2.75, 3.05) is 19.8 Å². The van der Waals surface area contributed by atoms with Gasteiger partial charge in [0.25, 0.3) is 5.56 Å². The average molecular weight is 460 g/mol. The Kier molecular flexibility index (Phi) is 6.59. The summed E-state index contributed by atoms with van der Waals surface area (Å²) in [6.45, 7) is 6.63. The van der Waals surface area contributed by atoms with Crippen molar-refractivity contribution in [1.29, 1.82) is 0 Å². The molecule has 2 heterocycles. The Morgan fingerprint density at radius 2 is 1.72 bits per heavy atom. The maximum Gasteiger partial charge on any atom is 0.338 e. The Hall–Kier alpha value is -3.14. The monoisotopic (exact) mass is 459 g/mol. The fourth-order valence-corrected chi connectivity index (χ4v) is 4.26. The summed E-state index contributed by atoms with van der Waals surface area (Å²) in [6, 6.07) is 4.47. The number of aromatic nitrogens is 3. The number of ether oxygens (including phenoxy) is 4. The smallest absolute Gasteiger partial charge is 0.338 e. The number of carbonyl (C=O) groups is 1. The molecule has 3 aromatic rings. The molecule has 4 rings (SSSR count). The lowest BCUT2D eigenvalue weighted by Gasteiger charge is -2.16. The molecule has 9 nitrogen and oxygen atoms in total. The van der Waals surface area contributed by atoms with Gasteiger partial charge in [0.2, 0.25) is 10.7 Å². The molecule has 1 aliphatic carbocycles. The normalized spacial score (nSPS) is 13.2. The minimum Gasteiger partial charge on any atom is -0.490 e. The lowest BCUT2D eigenvalue weighted by atomic mass is 10.2. The first-order valence-electron chi connectivity index (χ1n) is 10.7. The van der Waals surface area contributed by atoms with E-state index in [4.69, 9.17) is 18.9 Å². The molecule has 170 valence electrons. The van der Waals surface area contributed by atoms with Crippen LogP contribution in [0.5, 0.6) is 17.2 Å². The van der Waals surface area contributed by atoms with Crippen LogP contribution >= 0.6 is 11.3 Å². The summed E-state index contributed by atoms with van der Waals surface area (Å²) in [5.74, 6) is 1.11. The van der Waals surface area contributed by atoms with E-state index in [1.807, 2.05) is 20.8 Å². The van der Waals surface area contributed by atoms with Crippen molar-refractivity contribution in [2.45, 2.75) is 46.1 Å². The molecule has 0 spiro atoms. The van der Waals surface area contributed by atoms with Crippen LogP contribution in [-0.4, -0.2) is 40.4 Å². The first-order chi connectivity index (χ1) is 15.5. The van der Waals surface area contributed by atoms with E-state index < -0.39 is 5.97 Å². The van der Waals surface area contributed by atoms with Gasteiger partial charge >= 0.3 is 5.97 Å². The number of hydrogen-bond donors (Lipinski definition) is 0. The summed E-state index contributed by atoms with van der Waals surface area (Å²) < 4.78 is 23.7. The van der Waals surface area contributed by atoms with Crippen LogP contribution in [0.25, 0.3) is 4.96 Å². The van der Waals surface area contributed by atoms with Crippen molar-refractivity contribution in [3.05, 3.63) is 44.8 Å². The van der Waals surface area contributed by atoms with Gasteiger partial charge in [-0.3, -0.25) is 4.79 Å². The molecule has 32 heavy (non-hydrogen) atoms. The van der Waals surface area contributed by atoms with E-state index in [9.17, 15) is 9.59 Å². The topological polar surface area (TPSA) is 101 Å². The lowest BCUT2D eigenvalue weighted by molar-refractivity contribution is 0.0466. The number of fused-ring (bicyclic) bond motifs is 1. The van der Waals surface area contributed by atoms with E-state index in [2.05, 4.69) is 10.1 Å². The second-order valence-electron chi connectivity index (χ2n) is 7.17. The van der Waals surface area contributed by atoms with Crippen LogP contribution < -0.4 is 19.8 Å². The van der Waals surface area contributed by atoms with Gasteiger partial charge in [0, 0.05) is 12.0 Å². The molecule has 0 saturated heterocycles. The van der Waals surface area contributed by atoms with Gasteiger partial charge in [-0.05, 0) is 45.7 Å². The predicted molar refractivity (Wildman–Crippen MR) is 118 cm³/mol. The molecule has 2 aromatic heterocycles. The van der Waals surface area contributed by atoms with Gasteiger partial charge in [0.1, 0.15) is 11.6 Å². The van der Waals surface area contributed by atoms with Crippen molar-refractivity contribution in [1.82, 2.24) is 14.6 Å². The van der Waals surface area contributed by atoms with Gasteiger partial charge in [-0.2, -0.15) is 9.61 Å². The number of hydrogen-bond acceptors (Lipinski definition) is 9. The number of nitrogens with zero attached hydrogens (tertiary/aromatic N) is 3. The maximum absolute atomic E-state index is 12.8. The zero-order valence-corrected chi connectivity index (χ0v) is 19.1. The van der Waals surface area contributed by atoms with Crippen LogP contribution in [0.3, 0.4) is 0 Å². The molecule has 0 aliphatic heterocycles. The molecule has 1 saturated carbocycles. The number of esters is 1. The zero-order chi connectivity index (χ0) is 22.7. The van der Waals surface area contributed by atoms with Crippen LogP contribution in [0.15, 0.2) is 23.0 Å². The molecule has 0 bridgehead atoms. The fourth-order valence-electron chi connectivity index (χ4n) is 3.17. The Morgan fingerprint density at radius 3 is 2.31 bits per heavy atom. The van der Waals surface area contributed by atoms with Crippen molar-refractivity contribution >= 4 is 22.3 Å². The first kappa shape index (κ1) is 22.1. The van der Waals surface area contributed by atoms with Crippen molar-refractivity contribution in [2.24, 2.45) is 0 Å². The summed E-state index contributed by atoms with van der Waals surface area (Å²) in [4.78, 5) is 30.1. The van der Waals surface area contributed by atoms with Gasteiger partial charge in [-0.15, -0.1) is 0 Å². The third-order valence-electron chi connectivity index (χ3n) is 4.74. The first-order valence-corrected chi connectivity index (χ1v) is 11.5. The fraction of sp³-hybridized carbons (Fsp3) is 0.455. The van der Waals surface area contributed by atoms with E-state index in [0.717, 1.165) is 17.8 Å². The van der Waals surface area contributed by atoms with Gasteiger partial charge < -0.3 is 18.9 Å². The minimum absolute atomic E-state index is 0.137. The van der Waals surface area contributed by atoms with Crippen LogP contribution in [-0.2, 0) is 11.3 Å². The van der Waals surface area contributed by atoms with Crippen LogP contribution in [0.1, 0.15) is 60.6 Å². The van der Waals surface area contributed by atoms with Crippen LogP contribution in [0.2, 0.25) is 0 Å². The van der Waals surface area contributed by atoms with Crippen LogP contribution in [0.4, 0.5) is 0 Å². The molecular weight excluding hydrogens is 434 g/mol. The van der Waals surface area contributed by atoms with Crippen molar-refractivity contribution in [3.8, 4) is 17.2 Å². The molecule has 0 N–H and O–H groups in total. The van der Waals surface area contributed by atoms with Gasteiger partial charge in [-0.25, -0.2) is 9.78 Å². The van der Waals surface area contributed by atoms with E-state index in [1.165, 1.54) is 21.9 Å². The largest absolute Gasteiger partial charge is 0.490 e. The third kappa shape index (κ3) is 4.69. The van der Waals surface area contributed by atoms with Crippen molar-refractivity contribution in [3.63, 3.8) is 0 Å². The Bertz CT molecular complexity index is 1160. The summed E-state index contributed by atoms with van der Waals surface area (Å²) in [7, 11) is 0. The molecule has 1 aliphatic rings. The molecule has 0 radical (unpaired) electrons. The maximum atomic E-state index is 12.8. The zero-order valence-electron chi connectivity index (χ0n) is 18.3. The number of benzene rings is 1. The molecule has 0 amide bonds. The summed E-state index contributed by atoms with van der Waals surface area (Å²) in [6.07, 6.45) is 2.18. The molecule has 1 aromatic carbocycles. The quantitative estimate of drug-likeness (QED) is 0.424. The second-order valence-corrected chi connectivity index (χ2v) is 8.16. The predicted octanol–water partition coefficient (Wildman–Crippen LogP) is 3.58. The SMILES string of the molecule is CCOc1cc(C(=O)OCc2cc(=O)n3nc(C4CC4)sc3n2)cc(OCC)c1OCC. The highest BCUT2D eigenvalue weighted by atomic mass is 32.1. The highest BCUT2D eigenvalue weighted by Crippen LogP contribution is 2.41. The number of carbonyl (C=O) groups excluding carboxylic acids is 1. The van der Waals surface area contributed by atoms with Gasteiger partial charge in [0.15, 0.2) is 11.5 Å². The molecule has 1 fully saturated rings. The Labute approximate surface area is 188 Å². The third-order valence-corrected chi connectivity index (χ3v) is 5.81. The lowest BCUT2D eigenvalue weighted by Crippen LogP contribution is -2.16. The van der Waals surface area contributed by atoms with Crippen LogP contribution in [0, 0.1) is 0 Å².